The molecule has 0 spiro atoms. The van der Waals surface area contributed by atoms with Crippen LogP contribution in [0, 0.1) is 0 Å². The highest BCUT2D eigenvalue weighted by Gasteiger charge is 2.29. The van der Waals surface area contributed by atoms with Gasteiger partial charge in [-0.05, 0) is 135 Å². The Morgan fingerprint density at radius 1 is 0.289 bits per heavy atom. The first-order valence-electron chi connectivity index (χ1n) is 38.2. The molecule has 0 rings (SSSR count). The number of carbonyl (C=O) groups is 3. The van der Waals surface area contributed by atoms with Gasteiger partial charge >= 0.3 is 33.6 Å². The summed E-state index contributed by atoms with van der Waals surface area (Å²) in [6.45, 7) is 2.58. The summed E-state index contributed by atoms with van der Waals surface area (Å²) in [5, 5.41) is 20.6. The van der Waals surface area contributed by atoms with E-state index in [1.807, 2.05) is 0 Å². The number of rotatable bonds is 72. The van der Waals surface area contributed by atoms with Crippen LogP contribution in [-0.2, 0) is 55.8 Å². The van der Waals surface area contributed by atoms with E-state index in [4.69, 9.17) is 32.3 Å². The van der Waals surface area contributed by atoms with Gasteiger partial charge in [-0.3, -0.25) is 32.5 Å². The molecule has 0 aliphatic heterocycles. The minimum atomic E-state index is -4.93. The van der Waals surface area contributed by atoms with Crippen LogP contribution in [0.5, 0.6) is 0 Å². The molecule has 18 heteroatoms. The topological polar surface area (TPSA) is 231 Å². The van der Waals surface area contributed by atoms with Gasteiger partial charge in [-0.25, -0.2) is 9.13 Å². The summed E-state index contributed by atoms with van der Waals surface area (Å²) in [7, 11) is -9.79. The molecule has 0 aliphatic carbocycles. The predicted octanol–water partition coefficient (Wildman–Crippen LogP) is 22.0. The third-order valence-electron chi connectivity index (χ3n) is 15.9. The van der Waals surface area contributed by atoms with E-state index in [1.165, 1.54) is 122 Å². The fourth-order valence-electron chi connectivity index (χ4n) is 10.1. The first-order valence-corrected chi connectivity index (χ1v) is 41.2. The number of aliphatic hydroxyl groups is 2. The Bertz CT molecular complexity index is 2200. The Hall–Kier alpha value is -3.79. The Morgan fingerprint density at radius 2 is 0.515 bits per heavy atom. The van der Waals surface area contributed by atoms with Gasteiger partial charge in [-0.2, -0.15) is 0 Å². The molecule has 0 heterocycles. The maximum absolute atomic E-state index is 12.9. The number of phosphoric acid groups is 2. The van der Waals surface area contributed by atoms with Crippen molar-refractivity contribution in [3.05, 3.63) is 109 Å². The fourth-order valence-corrected chi connectivity index (χ4v) is 11.6. The molecule has 0 saturated heterocycles. The molecular formula is C79H138O16P2. The van der Waals surface area contributed by atoms with E-state index in [2.05, 4.69) is 130 Å². The number of hydrogen-bond acceptors (Lipinski definition) is 14. The van der Waals surface area contributed by atoms with Crippen LogP contribution in [0.25, 0.3) is 0 Å². The molecule has 16 nitrogen and oxygen atoms in total. The van der Waals surface area contributed by atoms with Crippen LogP contribution in [0.2, 0.25) is 0 Å². The van der Waals surface area contributed by atoms with Gasteiger partial charge in [-0.1, -0.05) is 271 Å². The molecule has 0 bridgehead atoms. The fraction of sp³-hybridized carbons (Fsp3) is 0.734. The molecule has 0 aromatic carbocycles. The second kappa shape index (κ2) is 72.0. The van der Waals surface area contributed by atoms with Gasteiger partial charge in [0, 0.05) is 19.3 Å². The zero-order valence-corrected chi connectivity index (χ0v) is 62.8. The van der Waals surface area contributed by atoms with Gasteiger partial charge in [-0.15, -0.1) is 0 Å². The number of unbranched alkanes of at least 4 members (excludes halogenated alkanes) is 31. The van der Waals surface area contributed by atoms with Crippen LogP contribution in [0.1, 0.15) is 316 Å². The van der Waals surface area contributed by atoms with Gasteiger partial charge in [0.15, 0.2) is 6.10 Å². The van der Waals surface area contributed by atoms with Crippen molar-refractivity contribution >= 4 is 33.6 Å². The quantitative estimate of drug-likeness (QED) is 0.0146. The average molecular weight is 1410 g/mol. The predicted molar refractivity (Wildman–Crippen MR) is 399 cm³/mol. The van der Waals surface area contributed by atoms with E-state index >= 15 is 0 Å². The smallest absolute Gasteiger partial charge is 0.463 e. The van der Waals surface area contributed by atoms with E-state index in [1.54, 1.807) is 0 Å². The van der Waals surface area contributed by atoms with Crippen molar-refractivity contribution in [2.75, 3.05) is 39.6 Å². The molecular weight excluding hydrogens is 1270 g/mol. The third-order valence-corrected chi connectivity index (χ3v) is 17.8. The van der Waals surface area contributed by atoms with Gasteiger partial charge in [0.25, 0.3) is 0 Å². The van der Waals surface area contributed by atoms with Crippen molar-refractivity contribution in [2.45, 2.75) is 334 Å². The largest absolute Gasteiger partial charge is 0.472 e. The standard InChI is InChI=1S/C79H138O16P2/c1-4-7-10-13-16-19-22-25-27-29-31-33-34-35-36-37-38-40-42-43-45-48-50-53-56-59-62-65-77(82)89-68-74(80)69-91-96(85,86)92-70-75(81)71-93-97(87,88)94-73-76(95-79(84)67-64-61-58-55-52-47-24-21-18-15-12-9-6-3)72-90-78(83)66-63-60-57-54-51-49-46-44-41-39-32-30-28-26-23-20-17-14-11-8-5-2/h16-17,19-21,24-28,31-33,35-36,39,44,46,74-76,80-81H,4-15,18,22-23,29-30,34,37-38,40-43,45,47-73H2,1-3H3,(H,85,86)(H,87,88)/b19-16-,20-17-,24-21-,27-25-,28-26-,33-31-,36-35-,39-32-,46-44-. The van der Waals surface area contributed by atoms with Crippen molar-refractivity contribution in [3.63, 3.8) is 0 Å². The molecule has 97 heavy (non-hydrogen) atoms. The van der Waals surface area contributed by atoms with Crippen molar-refractivity contribution < 1.29 is 75.8 Å². The molecule has 0 radical (unpaired) electrons. The lowest BCUT2D eigenvalue weighted by molar-refractivity contribution is -0.161. The lowest BCUT2D eigenvalue weighted by Gasteiger charge is -2.21. The summed E-state index contributed by atoms with van der Waals surface area (Å²) in [6.07, 6.45) is 82.8. The second-order valence-corrected chi connectivity index (χ2v) is 28.4. The van der Waals surface area contributed by atoms with E-state index in [-0.39, 0.29) is 19.3 Å². The Labute approximate surface area is 590 Å². The first kappa shape index (κ1) is 93.2. The zero-order valence-electron chi connectivity index (χ0n) is 61.0. The SMILES string of the molecule is CCCCC/C=C\C/C=C\C/C=C\C/C=C\CCCCCCCCCCCCCC(=O)OCC(O)COP(=O)(O)OCC(O)COP(=O)(O)OCC(COC(=O)CCCCCCC/C=C\C/C=C\C/C=C\C/C=C\CCCCC)OC(=O)CCCCCCC/C=C\CCCCCC. The maximum Gasteiger partial charge on any atom is 0.472 e. The molecule has 0 saturated carbocycles. The number of phosphoric ester groups is 2. The summed E-state index contributed by atoms with van der Waals surface area (Å²) >= 11 is 0. The van der Waals surface area contributed by atoms with Crippen LogP contribution >= 0.6 is 15.6 Å². The van der Waals surface area contributed by atoms with Gasteiger partial charge < -0.3 is 34.2 Å². The normalized spacial score (nSPS) is 14.7. The maximum atomic E-state index is 12.9. The summed E-state index contributed by atoms with van der Waals surface area (Å²) in [5.41, 5.74) is 0. The molecule has 0 aromatic heterocycles. The number of aliphatic hydroxyl groups excluding tert-OH is 2. The first-order chi connectivity index (χ1) is 47.2. The van der Waals surface area contributed by atoms with Crippen molar-refractivity contribution in [1.82, 2.24) is 0 Å². The average Bonchev–Trinajstić information content (AvgIpc) is 1.63. The molecule has 5 atom stereocenters. The summed E-state index contributed by atoms with van der Waals surface area (Å²) < 4.78 is 61.0. The minimum absolute atomic E-state index is 0.0891. The lowest BCUT2D eigenvalue weighted by Crippen LogP contribution is -2.30. The van der Waals surface area contributed by atoms with E-state index in [0.29, 0.717) is 19.3 Å². The number of esters is 3. The number of allylic oxidation sites excluding steroid dienone is 18. The Balaban J connectivity index is 4.54. The van der Waals surface area contributed by atoms with Gasteiger partial charge in [0.1, 0.15) is 25.4 Å². The summed E-state index contributed by atoms with van der Waals surface area (Å²) in [6, 6.07) is 0. The molecule has 560 valence electrons. The van der Waals surface area contributed by atoms with E-state index in [9.17, 15) is 43.5 Å². The monoisotopic (exact) mass is 1400 g/mol. The van der Waals surface area contributed by atoms with E-state index < -0.39 is 91.5 Å². The van der Waals surface area contributed by atoms with Crippen LogP contribution in [-0.4, -0.2) is 95.9 Å². The third kappa shape index (κ3) is 73.3. The molecule has 0 aromatic rings. The minimum Gasteiger partial charge on any atom is -0.463 e. The van der Waals surface area contributed by atoms with Crippen LogP contribution in [0.4, 0.5) is 0 Å². The number of carbonyl (C=O) groups excluding carboxylic acids is 3. The van der Waals surface area contributed by atoms with Crippen molar-refractivity contribution in [1.29, 1.82) is 0 Å². The van der Waals surface area contributed by atoms with Crippen LogP contribution in [0.3, 0.4) is 0 Å². The molecule has 4 N–H and O–H groups in total. The number of hydrogen-bond donors (Lipinski definition) is 4. The second-order valence-electron chi connectivity index (χ2n) is 25.4. The van der Waals surface area contributed by atoms with E-state index in [0.717, 1.165) is 135 Å². The molecule has 0 amide bonds. The van der Waals surface area contributed by atoms with Gasteiger partial charge in [0.2, 0.25) is 0 Å². The van der Waals surface area contributed by atoms with Crippen LogP contribution in [0.15, 0.2) is 109 Å². The summed E-state index contributed by atoms with van der Waals surface area (Å²) in [4.78, 5) is 58.5. The van der Waals surface area contributed by atoms with Crippen LogP contribution < -0.4 is 0 Å². The lowest BCUT2D eigenvalue weighted by atomic mass is 10.0. The van der Waals surface area contributed by atoms with Crippen molar-refractivity contribution in [2.24, 2.45) is 0 Å². The zero-order chi connectivity index (χ0) is 70.9. The molecule has 5 unspecified atom stereocenters. The highest BCUT2D eigenvalue weighted by molar-refractivity contribution is 7.47. The highest BCUT2D eigenvalue weighted by Crippen LogP contribution is 2.45. The Morgan fingerprint density at radius 3 is 0.845 bits per heavy atom. The Kier molecular flexibility index (Phi) is 69.2. The molecule has 0 aliphatic rings. The highest BCUT2D eigenvalue weighted by atomic mass is 31.2. The molecule has 0 fully saturated rings. The summed E-state index contributed by atoms with van der Waals surface area (Å²) in [5.74, 6) is -1.60. The van der Waals surface area contributed by atoms with Crippen molar-refractivity contribution in [3.8, 4) is 0 Å². The number of ether oxygens (including phenoxy) is 3. The van der Waals surface area contributed by atoms with Gasteiger partial charge in [0.05, 0.1) is 26.4 Å².